The molecule has 1 N–H and O–H groups in total. The van der Waals surface area contributed by atoms with Gasteiger partial charge in [0.15, 0.2) is 5.79 Å². The molecule has 2 bridgehead atoms. The van der Waals surface area contributed by atoms with Crippen molar-refractivity contribution in [2.75, 3.05) is 33.1 Å². The molecule has 0 amide bonds. The van der Waals surface area contributed by atoms with E-state index in [1.54, 1.807) is 14.2 Å². The standard InChI is InChI=1S/C8H15NO2S/c1-10-8(11-2)6-3-9-4-7(8)12-5-6/h6-7,9H,3-5H2,1-2H3. The molecule has 0 aliphatic carbocycles. The summed E-state index contributed by atoms with van der Waals surface area (Å²) in [6.07, 6.45) is 0. The van der Waals surface area contributed by atoms with E-state index in [4.69, 9.17) is 9.47 Å². The molecule has 0 spiro atoms. The number of hydrogen-bond donors (Lipinski definition) is 1. The summed E-state index contributed by atoms with van der Waals surface area (Å²) in [4.78, 5) is 0. The predicted octanol–water partition coefficient (Wildman–Crippen LogP) is 0.310. The van der Waals surface area contributed by atoms with Gasteiger partial charge in [0.25, 0.3) is 0 Å². The van der Waals surface area contributed by atoms with E-state index in [-0.39, 0.29) is 5.79 Å². The van der Waals surface area contributed by atoms with Gasteiger partial charge in [-0.25, -0.2) is 0 Å². The topological polar surface area (TPSA) is 30.5 Å². The molecule has 2 saturated heterocycles. The van der Waals surface area contributed by atoms with E-state index in [1.165, 1.54) is 0 Å². The number of nitrogens with one attached hydrogen (secondary N) is 1. The number of hydrogen-bond acceptors (Lipinski definition) is 4. The molecule has 0 saturated carbocycles. The van der Waals surface area contributed by atoms with Crippen LogP contribution >= 0.6 is 11.8 Å². The van der Waals surface area contributed by atoms with Crippen LogP contribution < -0.4 is 5.32 Å². The van der Waals surface area contributed by atoms with Gasteiger partial charge >= 0.3 is 0 Å². The van der Waals surface area contributed by atoms with Crippen molar-refractivity contribution < 1.29 is 9.47 Å². The van der Waals surface area contributed by atoms with Crippen LogP contribution in [0.25, 0.3) is 0 Å². The second-order valence-electron chi connectivity index (χ2n) is 3.31. The molecule has 2 atom stereocenters. The fraction of sp³-hybridized carbons (Fsp3) is 1.00. The number of thioether (sulfide) groups is 1. The molecule has 4 heteroatoms. The van der Waals surface area contributed by atoms with Gasteiger partial charge in [0.1, 0.15) is 0 Å². The van der Waals surface area contributed by atoms with E-state index in [1.807, 2.05) is 11.8 Å². The van der Waals surface area contributed by atoms with Gasteiger partial charge in [0.2, 0.25) is 0 Å². The Hall–Kier alpha value is 0.230. The van der Waals surface area contributed by atoms with Gasteiger partial charge in [-0.2, -0.15) is 11.8 Å². The largest absolute Gasteiger partial charge is 0.352 e. The molecule has 0 aromatic carbocycles. The summed E-state index contributed by atoms with van der Waals surface area (Å²) in [5, 5.41) is 3.85. The molecule has 2 fully saturated rings. The highest BCUT2D eigenvalue weighted by atomic mass is 32.2. The molecule has 3 nitrogen and oxygen atoms in total. The number of rotatable bonds is 2. The van der Waals surface area contributed by atoms with Gasteiger partial charge in [-0.15, -0.1) is 0 Å². The maximum atomic E-state index is 5.53. The third-order valence-corrected chi connectivity index (χ3v) is 4.37. The molecule has 0 radical (unpaired) electrons. The molecule has 12 heavy (non-hydrogen) atoms. The Labute approximate surface area is 77.2 Å². The minimum atomic E-state index is -0.310. The summed E-state index contributed by atoms with van der Waals surface area (Å²) in [5.74, 6) is 1.35. The van der Waals surface area contributed by atoms with Crippen LogP contribution in [0.1, 0.15) is 0 Å². The third kappa shape index (κ3) is 1.02. The molecule has 2 unspecified atom stereocenters. The Morgan fingerprint density at radius 1 is 1.33 bits per heavy atom. The second kappa shape index (κ2) is 3.18. The molecule has 2 heterocycles. The average Bonchev–Trinajstić information content (AvgIpc) is 2.33. The van der Waals surface area contributed by atoms with Crippen molar-refractivity contribution in [1.82, 2.24) is 5.32 Å². The Morgan fingerprint density at radius 2 is 2.08 bits per heavy atom. The molecule has 70 valence electrons. The van der Waals surface area contributed by atoms with Gasteiger partial charge in [0.05, 0.1) is 5.25 Å². The van der Waals surface area contributed by atoms with Crippen molar-refractivity contribution in [1.29, 1.82) is 0 Å². The highest BCUT2D eigenvalue weighted by molar-refractivity contribution is 8.00. The summed E-state index contributed by atoms with van der Waals surface area (Å²) < 4.78 is 11.1. The van der Waals surface area contributed by atoms with Gasteiger partial charge in [-0.3, -0.25) is 0 Å². The number of ether oxygens (including phenoxy) is 2. The monoisotopic (exact) mass is 189 g/mol. The van der Waals surface area contributed by atoms with Crippen molar-refractivity contribution in [2.45, 2.75) is 11.0 Å². The van der Waals surface area contributed by atoms with Crippen molar-refractivity contribution in [3.8, 4) is 0 Å². The number of piperidine rings is 1. The summed E-state index contributed by atoms with van der Waals surface area (Å²) >= 11 is 1.96. The summed E-state index contributed by atoms with van der Waals surface area (Å²) in [5.41, 5.74) is 0. The lowest BCUT2D eigenvalue weighted by molar-refractivity contribution is -0.235. The molecule has 2 rings (SSSR count). The molecular formula is C8H15NO2S. The maximum absolute atomic E-state index is 5.53. The van der Waals surface area contributed by atoms with Crippen molar-refractivity contribution in [3.63, 3.8) is 0 Å². The van der Waals surface area contributed by atoms with E-state index in [0.717, 1.165) is 18.8 Å². The highest BCUT2D eigenvalue weighted by Gasteiger charge is 2.54. The number of fused-ring (bicyclic) bond motifs is 2. The lowest BCUT2D eigenvalue weighted by atomic mass is 9.93. The molecule has 2 aliphatic rings. The van der Waals surface area contributed by atoms with Crippen molar-refractivity contribution in [2.24, 2.45) is 5.92 Å². The maximum Gasteiger partial charge on any atom is 0.185 e. The number of methoxy groups -OCH3 is 2. The highest BCUT2D eigenvalue weighted by Crippen LogP contribution is 2.44. The van der Waals surface area contributed by atoms with Crippen LogP contribution in [-0.4, -0.2) is 44.1 Å². The first-order chi connectivity index (χ1) is 5.83. The minimum absolute atomic E-state index is 0.310. The van der Waals surface area contributed by atoms with Gasteiger partial charge in [0, 0.05) is 39.0 Å². The van der Waals surface area contributed by atoms with Gasteiger partial charge < -0.3 is 14.8 Å². The first-order valence-electron chi connectivity index (χ1n) is 4.26. The van der Waals surface area contributed by atoms with Crippen LogP contribution in [0.2, 0.25) is 0 Å². The first-order valence-corrected chi connectivity index (χ1v) is 5.31. The Morgan fingerprint density at radius 3 is 2.58 bits per heavy atom. The lowest BCUT2D eigenvalue weighted by Gasteiger charge is -2.40. The van der Waals surface area contributed by atoms with Gasteiger partial charge in [-0.05, 0) is 0 Å². The third-order valence-electron chi connectivity index (χ3n) is 2.87. The van der Waals surface area contributed by atoms with Crippen molar-refractivity contribution >= 4 is 11.8 Å². The average molecular weight is 189 g/mol. The van der Waals surface area contributed by atoms with Crippen LogP contribution in [0, 0.1) is 5.92 Å². The van der Waals surface area contributed by atoms with Crippen LogP contribution in [0.15, 0.2) is 0 Å². The van der Waals surface area contributed by atoms with Crippen LogP contribution in [-0.2, 0) is 9.47 Å². The zero-order valence-corrected chi connectivity index (χ0v) is 8.32. The summed E-state index contributed by atoms with van der Waals surface area (Å²) in [6, 6.07) is 0. The lowest BCUT2D eigenvalue weighted by Crippen LogP contribution is -2.57. The zero-order chi connectivity index (χ0) is 8.60. The fourth-order valence-corrected chi connectivity index (χ4v) is 3.87. The molecular weight excluding hydrogens is 174 g/mol. The van der Waals surface area contributed by atoms with Crippen LogP contribution in [0.4, 0.5) is 0 Å². The van der Waals surface area contributed by atoms with E-state index in [0.29, 0.717) is 11.2 Å². The molecule has 2 aliphatic heterocycles. The van der Waals surface area contributed by atoms with Crippen LogP contribution in [0.5, 0.6) is 0 Å². The molecule has 0 aromatic heterocycles. The van der Waals surface area contributed by atoms with Crippen LogP contribution in [0.3, 0.4) is 0 Å². The van der Waals surface area contributed by atoms with E-state index in [2.05, 4.69) is 5.32 Å². The summed E-state index contributed by atoms with van der Waals surface area (Å²) in [6.45, 7) is 2.02. The Balaban J connectivity index is 2.22. The predicted molar refractivity (Wildman–Crippen MR) is 49.4 cm³/mol. The normalized spacial score (nSPS) is 38.5. The van der Waals surface area contributed by atoms with E-state index >= 15 is 0 Å². The smallest absolute Gasteiger partial charge is 0.185 e. The second-order valence-corrected chi connectivity index (χ2v) is 4.54. The minimum Gasteiger partial charge on any atom is -0.352 e. The molecule has 0 aromatic rings. The SMILES string of the molecule is COC1(OC)C2CNCC1SC2. The van der Waals surface area contributed by atoms with Crippen molar-refractivity contribution in [3.05, 3.63) is 0 Å². The van der Waals surface area contributed by atoms with Gasteiger partial charge in [-0.1, -0.05) is 0 Å². The first kappa shape index (κ1) is 8.81. The zero-order valence-electron chi connectivity index (χ0n) is 7.50. The summed E-state index contributed by atoms with van der Waals surface area (Å²) in [7, 11) is 3.50. The fourth-order valence-electron chi connectivity index (χ4n) is 2.20. The van der Waals surface area contributed by atoms with E-state index in [9.17, 15) is 0 Å². The Kier molecular flexibility index (Phi) is 2.33. The quantitative estimate of drug-likeness (QED) is 0.633. The Bertz CT molecular complexity index is 154. The van der Waals surface area contributed by atoms with E-state index < -0.39 is 0 Å².